The Labute approximate surface area is 110 Å². The molecule has 0 aliphatic carbocycles. The maximum Gasteiger partial charge on any atom is 0.223 e. The van der Waals surface area contributed by atoms with Gasteiger partial charge in [0.2, 0.25) is 5.89 Å². The summed E-state index contributed by atoms with van der Waals surface area (Å²) in [5, 5.41) is 7.31. The van der Waals surface area contributed by atoms with Gasteiger partial charge in [0.15, 0.2) is 5.82 Å². The quantitative estimate of drug-likeness (QED) is 0.838. The van der Waals surface area contributed by atoms with Crippen molar-refractivity contribution in [2.75, 3.05) is 5.32 Å². The molecule has 0 spiro atoms. The number of aromatic nitrogens is 4. The maximum atomic E-state index is 5.93. The van der Waals surface area contributed by atoms with Crippen LogP contribution in [0.2, 0.25) is 5.15 Å². The summed E-state index contributed by atoms with van der Waals surface area (Å²) < 4.78 is 4.88. The maximum absolute atomic E-state index is 5.93. The van der Waals surface area contributed by atoms with Crippen LogP contribution >= 0.6 is 11.6 Å². The molecule has 2 aromatic heterocycles. The number of hydrogen-bond donors (Lipinski definition) is 1. The van der Waals surface area contributed by atoms with Gasteiger partial charge in [-0.3, -0.25) is 0 Å². The largest absolute Gasteiger partial charge is 0.362 e. The third kappa shape index (κ3) is 3.40. The first-order valence-corrected chi connectivity index (χ1v) is 6.11. The van der Waals surface area contributed by atoms with E-state index in [0.717, 1.165) is 18.7 Å². The van der Waals surface area contributed by atoms with E-state index in [1.54, 1.807) is 13.0 Å². The minimum atomic E-state index is 0.431. The van der Waals surface area contributed by atoms with Crippen LogP contribution in [0.3, 0.4) is 0 Å². The molecule has 2 aromatic rings. The van der Waals surface area contributed by atoms with Gasteiger partial charge in [0, 0.05) is 19.4 Å². The monoisotopic (exact) mass is 267 g/mol. The summed E-state index contributed by atoms with van der Waals surface area (Å²) in [6.07, 6.45) is 1.78. The average Bonchev–Trinajstić information content (AvgIpc) is 2.72. The van der Waals surface area contributed by atoms with E-state index in [1.807, 2.05) is 0 Å². The summed E-state index contributed by atoms with van der Waals surface area (Å²) in [7, 11) is 0. The fourth-order valence-corrected chi connectivity index (χ4v) is 1.67. The Morgan fingerprint density at radius 1 is 1.28 bits per heavy atom. The first kappa shape index (κ1) is 12.8. The summed E-state index contributed by atoms with van der Waals surface area (Å²) >= 11 is 5.93. The SMILES string of the molecule is CCCc1nc(Cl)cc(NCc2noc(C)n2)n1. The van der Waals surface area contributed by atoms with Gasteiger partial charge in [-0.1, -0.05) is 23.7 Å². The van der Waals surface area contributed by atoms with Crippen LogP contribution in [0.15, 0.2) is 10.6 Å². The van der Waals surface area contributed by atoms with Crippen molar-refractivity contribution >= 4 is 17.4 Å². The van der Waals surface area contributed by atoms with Gasteiger partial charge in [0.25, 0.3) is 0 Å². The Kier molecular flexibility index (Phi) is 4.09. The number of aryl methyl sites for hydroxylation is 2. The van der Waals surface area contributed by atoms with Gasteiger partial charge in [0.1, 0.15) is 16.8 Å². The molecule has 18 heavy (non-hydrogen) atoms. The van der Waals surface area contributed by atoms with E-state index >= 15 is 0 Å². The number of rotatable bonds is 5. The van der Waals surface area contributed by atoms with E-state index in [4.69, 9.17) is 16.1 Å². The van der Waals surface area contributed by atoms with Crippen LogP contribution in [0.4, 0.5) is 5.82 Å². The standard InChI is InChI=1S/C11H14ClN5O/c1-3-4-9-15-8(12)5-10(16-9)13-6-11-14-7(2)18-17-11/h5H,3-4,6H2,1-2H3,(H,13,15,16). The van der Waals surface area contributed by atoms with Crippen molar-refractivity contribution in [1.29, 1.82) is 0 Å². The molecule has 0 atom stereocenters. The van der Waals surface area contributed by atoms with Crippen LogP contribution in [0.25, 0.3) is 0 Å². The summed E-state index contributed by atoms with van der Waals surface area (Å²) in [4.78, 5) is 12.6. The molecule has 0 aromatic carbocycles. The molecule has 0 amide bonds. The van der Waals surface area contributed by atoms with Gasteiger partial charge < -0.3 is 9.84 Å². The number of nitrogens with zero attached hydrogens (tertiary/aromatic N) is 4. The normalized spacial score (nSPS) is 10.6. The van der Waals surface area contributed by atoms with Crippen LogP contribution in [0.1, 0.15) is 30.9 Å². The molecule has 0 fully saturated rings. The van der Waals surface area contributed by atoms with Gasteiger partial charge in [-0.05, 0) is 6.42 Å². The van der Waals surface area contributed by atoms with Crippen molar-refractivity contribution in [2.45, 2.75) is 33.2 Å². The number of nitrogens with one attached hydrogen (secondary N) is 1. The molecule has 0 saturated carbocycles. The van der Waals surface area contributed by atoms with Gasteiger partial charge in [-0.25, -0.2) is 9.97 Å². The smallest absolute Gasteiger partial charge is 0.223 e. The van der Waals surface area contributed by atoms with Crippen LogP contribution in [-0.2, 0) is 13.0 Å². The third-order valence-electron chi connectivity index (χ3n) is 2.21. The molecule has 0 radical (unpaired) electrons. The number of hydrogen-bond acceptors (Lipinski definition) is 6. The summed E-state index contributed by atoms with van der Waals surface area (Å²) in [5.74, 6) is 2.52. The summed E-state index contributed by atoms with van der Waals surface area (Å²) in [5.41, 5.74) is 0. The van der Waals surface area contributed by atoms with E-state index in [1.165, 1.54) is 0 Å². The molecular weight excluding hydrogens is 254 g/mol. The van der Waals surface area contributed by atoms with Gasteiger partial charge in [-0.2, -0.15) is 4.98 Å². The Morgan fingerprint density at radius 2 is 2.11 bits per heavy atom. The highest BCUT2D eigenvalue weighted by Crippen LogP contribution is 2.13. The second-order valence-corrected chi connectivity index (χ2v) is 4.21. The molecule has 0 unspecified atom stereocenters. The van der Waals surface area contributed by atoms with Crippen molar-refractivity contribution in [1.82, 2.24) is 20.1 Å². The highest BCUT2D eigenvalue weighted by atomic mass is 35.5. The third-order valence-corrected chi connectivity index (χ3v) is 2.41. The average molecular weight is 268 g/mol. The molecule has 6 nitrogen and oxygen atoms in total. The molecule has 2 rings (SSSR count). The molecular formula is C11H14ClN5O. The molecule has 96 valence electrons. The zero-order valence-electron chi connectivity index (χ0n) is 10.3. The number of halogens is 1. The second kappa shape index (κ2) is 5.77. The van der Waals surface area contributed by atoms with Crippen LogP contribution < -0.4 is 5.32 Å². The Bertz CT molecular complexity index is 528. The lowest BCUT2D eigenvalue weighted by atomic mass is 10.3. The topological polar surface area (TPSA) is 76.7 Å². The molecule has 0 aliphatic heterocycles. The van der Waals surface area contributed by atoms with Crippen molar-refractivity contribution in [2.24, 2.45) is 0 Å². The molecule has 0 saturated heterocycles. The lowest BCUT2D eigenvalue weighted by molar-refractivity contribution is 0.388. The van der Waals surface area contributed by atoms with Crippen LogP contribution in [0.5, 0.6) is 0 Å². The zero-order chi connectivity index (χ0) is 13.0. The first-order valence-electron chi connectivity index (χ1n) is 5.74. The molecule has 7 heteroatoms. The Hall–Kier alpha value is -1.69. The number of anilines is 1. The lowest BCUT2D eigenvalue weighted by Gasteiger charge is -2.05. The second-order valence-electron chi connectivity index (χ2n) is 3.83. The minimum absolute atomic E-state index is 0.431. The lowest BCUT2D eigenvalue weighted by Crippen LogP contribution is -2.05. The molecule has 1 N–H and O–H groups in total. The summed E-state index contributed by atoms with van der Waals surface area (Å²) in [6, 6.07) is 1.67. The van der Waals surface area contributed by atoms with Gasteiger partial charge in [-0.15, -0.1) is 0 Å². The molecule has 0 bridgehead atoms. The van der Waals surface area contributed by atoms with E-state index in [0.29, 0.717) is 29.2 Å². The van der Waals surface area contributed by atoms with Crippen molar-refractivity contribution < 1.29 is 4.52 Å². The van der Waals surface area contributed by atoms with Crippen molar-refractivity contribution in [3.8, 4) is 0 Å². The van der Waals surface area contributed by atoms with Crippen LogP contribution in [0, 0.1) is 6.92 Å². The van der Waals surface area contributed by atoms with E-state index in [-0.39, 0.29) is 0 Å². The van der Waals surface area contributed by atoms with E-state index in [9.17, 15) is 0 Å². The van der Waals surface area contributed by atoms with Crippen molar-refractivity contribution in [3.63, 3.8) is 0 Å². The van der Waals surface area contributed by atoms with Gasteiger partial charge in [0.05, 0.1) is 6.54 Å². The Morgan fingerprint density at radius 3 is 2.78 bits per heavy atom. The van der Waals surface area contributed by atoms with E-state index in [2.05, 4.69) is 32.3 Å². The van der Waals surface area contributed by atoms with Gasteiger partial charge >= 0.3 is 0 Å². The fraction of sp³-hybridized carbons (Fsp3) is 0.455. The first-order chi connectivity index (χ1) is 8.67. The predicted molar refractivity (Wildman–Crippen MR) is 67.4 cm³/mol. The fourth-order valence-electron chi connectivity index (χ4n) is 1.47. The predicted octanol–water partition coefficient (Wildman–Crippen LogP) is 2.39. The highest BCUT2D eigenvalue weighted by Gasteiger charge is 2.05. The Balaban J connectivity index is 2.04. The molecule has 0 aliphatic rings. The van der Waals surface area contributed by atoms with E-state index < -0.39 is 0 Å². The summed E-state index contributed by atoms with van der Waals surface area (Å²) in [6.45, 7) is 4.26. The highest BCUT2D eigenvalue weighted by molar-refractivity contribution is 6.29. The molecule has 2 heterocycles. The minimum Gasteiger partial charge on any atom is -0.362 e. The van der Waals surface area contributed by atoms with Crippen molar-refractivity contribution in [3.05, 3.63) is 28.8 Å². The zero-order valence-corrected chi connectivity index (χ0v) is 11.0. The van der Waals surface area contributed by atoms with Crippen LogP contribution in [-0.4, -0.2) is 20.1 Å².